The molecular weight excluding hydrogens is 468 g/mol. The summed E-state index contributed by atoms with van der Waals surface area (Å²) in [5.41, 5.74) is 1.35. The third kappa shape index (κ3) is 5.05. The molecule has 0 aliphatic carbocycles. The normalized spacial score (nSPS) is 12.9. The molecule has 4 rings (SSSR count). The lowest BCUT2D eigenvalue weighted by atomic mass is 10.1. The lowest BCUT2D eigenvalue weighted by Crippen LogP contribution is -2.31. The fourth-order valence-corrected chi connectivity index (χ4v) is 4.88. The van der Waals surface area contributed by atoms with Gasteiger partial charge in [-0.3, -0.25) is 19.3 Å². The molecule has 182 valence electrons. The number of hydrogen-bond donors (Lipinski definition) is 1. The van der Waals surface area contributed by atoms with Crippen LogP contribution < -0.4 is 10.1 Å². The van der Waals surface area contributed by atoms with Crippen molar-refractivity contribution in [3.63, 3.8) is 0 Å². The lowest BCUT2D eigenvalue weighted by molar-refractivity contribution is -0.116. The van der Waals surface area contributed by atoms with Gasteiger partial charge in [0, 0.05) is 28.7 Å². The number of anilines is 1. The number of fused-ring (bicyclic) bond motifs is 2. The van der Waals surface area contributed by atoms with Gasteiger partial charge >= 0.3 is 5.97 Å². The zero-order valence-corrected chi connectivity index (χ0v) is 20.6. The summed E-state index contributed by atoms with van der Waals surface area (Å²) in [5, 5.41) is 3.57. The summed E-state index contributed by atoms with van der Waals surface area (Å²) < 4.78 is 11.7. The van der Waals surface area contributed by atoms with Gasteiger partial charge in [0.1, 0.15) is 0 Å². The number of carbonyl (C=O) groups is 4. The number of rotatable bonds is 9. The largest absolute Gasteiger partial charge is 0.491 e. The van der Waals surface area contributed by atoms with Gasteiger partial charge < -0.3 is 14.8 Å². The van der Waals surface area contributed by atoms with Crippen LogP contribution in [0.1, 0.15) is 57.1 Å². The van der Waals surface area contributed by atoms with Crippen LogP contribution in [0.2, 0.25) is 0 Å². The van der Waals surface area contributed by atoms with Crippen molar-refractivity contribution in [2.24, 2.45) is 5.92 Å². The summed E-state index contributed by atoms with van der Waals surface area (Å²) in [4.78, 5) is 51.3. The number of methoxy groups -OCH3 is 1. The highest BCUT2D eigenvalue weighted by molar-refractivity contribution is 7.21. The van der Waals surface area contributed by atoms with E-state index in [0.717, 1.165) is 10.1 Å². The fraction of sp³-hybridized carbons (Fsp3) is 0.308. The number of benzene rings is 2. The molecule has 2 heterocycles. The molecule has 0 saturated carbocycles. The van der Waals surface area contributed by atoms with E-state index in [1.165, 1.54) is 23.3 Å². The molecule has 0 unspecified atom stereocenters. The Kier molecular flexibility index (Phi) is 7.16. The molecule has 0 bridgehead atoms. The van der Waals surface area contributed by atoms with Crippen molar-refractivity contribution >= 4 is 50.8 Å². The highest BCUT2D eigenvalue weighted by Crippen LogP contribution is 2.40. The summed E-state index contributed by atoms with van der Waals surface area (Å²) in [6.07, 6.45) is 0.479. The Balaban J connectivity index is 1.41. The second-order valence-electron chi connectivity index (χ2n) is 8.63. The molecular formula is C26H26N2O6S. The molecule has 0 saturated heterocycles. The quantitative estimate of drug-likeness (QED) is 0.341. The van der Waals surface area contributed by atoms with Crippen molar-refractivity contribution in [2.45, 2.75) is 26.7 Å². The zero-order valence-electron chi connectivity index (χ0n) is 19.8. The SMILES string of the molecule is COC(=O)c1sc2ccc(NC(=O)CCCN3C(=O)c4ccccc4C3=O)cc2c1OCC(C)C. The first-order chi connectivity index (χ1) is 16.8. The van der Waals surface area contributed by atoms with Gasteiger partial charge in [0.15, 0.2) is 10.6 Å². The van der Waals surface area contributed by atoms with E-state index in [1.807, 2.05) is 19.9 Å². The van der Waals surface area contributed by atoms with E-state index in [4.69, 9.17) is 9.47 Å². The van der Waals surface area contributed by atoms with Gasteiger partial charge in [0.2, 0.25) is 5.91 Å². The van der Waals surface area contributed by atoms with E-state index in [-0.39, 0.29) is 36.6 Å². The van der Waals surface area contributed by atoms with Crippen LogP contribution in [0, 0.1) is 5.92 Å². The Hall–Kier alpha value is -3.72. The van der Waals surface area contributed by atoms with E-state index >= 15 is 0 Å². The number of nitrogens with one attached hydrogen (secondary N) is 1. The van der Waals surface area contributed by atoms with Gasteiger partial charge in [-0.2, -0.15) is 0 Å². The van der Waals surface area contributed by atoms with E-state index in [1.54, 1.807) is 36.4 Å². The second-order valence-corrected chi connectivity index (χ2v) is 9.68. The molecule has 0 radical (unpaired) electrons. The molecule has 1 aromatic heterocycles. The molecule has 9 heteroatoms. The topological polar surface area (TPSA) is 102 Å². The number of carbonyl (C=O) groups excluding carboxylic acids is 4. The number of hydrogen-bond acceptors (Lipinski definition) is 7. The van der Waals surface area contributed by atoms with Crippen LogP contribution in [0.25, 0.3) is 10.1 Å². The monoisotopic (exact) mass is 494 g/mol. The van der Waals surface area contributed by atoms with Gasteiger partial charge in [-0.15, -0.1) is 11.3 Å². The Morgan fingerprint density at radius 3 is 2.37 bits per heavy atom. The van der Waals surface area contributed by atoms with Crippen LogP contribution in [-0.4, -0.2) is 48.9 Å². The average Bonchev–Trinajstić information content (AvgIpc) is 3.32. The minimum absolute atomic E-state index is 0.138. The molecule has 2 aromatic carbocycles. The van der Waals surface area contributed by atoms with Crippen LogP contribution in [0.3, 0.4) is 0 Å². The molecule has 0 fully saturated rings. The standard InChI is InChI=1S/C26H26N2O6S/c1-15(2)14-34-22-19-13-16(10-11-20(19)35-23(22)26(32)33-3)27-21(29)9-6-12-28-24(30)17-7-4-5-8-18(17)25(28)31/h4-5,7-8,10-11,13,15H,6,9,12,14H2,1-3H3,(H,27,29). The molecule has 35 heavy (non-hydrogen) atoms. The molecule has 1 aliphatic rings. The molecule has 0 spiro atoms. The van der Waals surface area contributed by atoms with Crippen molar-refractivity contribution in [3.05, 3.63) is 58.5 Å². The summed E-state index contributed by atoms with van der Waals surface area (Å²) in [6, 6.07) is 12.1. The second kappa shape index (κ2) is 10.3. The van der Waals surface area contributed by atoms with Gasteiger partial charge in [-0.05, 0) is 42.7 Å². The fourth-order valence-electron chi connectivity index (χ4n) is 3.84. The Morgan fingerprint density at radius 1 is 1.06 bits per heavy atom. The maximum absolute atomic E-state index is 12.6. The lowest BCUT2D eigenvalue weighted by Gasteiger charge is -2.13. The number of nitrogens with zero attached hydrogens (tertiary/aromatic N) is 1. The van der Waals surface area contributed by atoms with Crippen molar-refractivity contribution in [2.75, 3.05) is 25.6 Å². The summed E-state index contributed by atoms with van der Waals surface area (Å²) >= 11 is 1.28. The molecule has 1 aliphatic heterocycles. The van der Waals surface area contributed by atoms with E-state index < -0.39 is 5.97 Å². The Morgan fingerprint density at radius 2 is 1.74 bits per heavy atom. The first-order valence-corrected chi connectivity index (χ1v) is 12.1. The maximum atomic E-state index is 12.6. The van der Waals surface area contributed by atoms with Crippen molar-refractivity contribution in [3.8, 4) is 5.75 Å². The number of amides is 3. The zero-order chi connectivity index (χ0) is 25.1. The van der Waals surface area contributed by atoms with Crippen LogP contribution in [0.15, 0.2) is 42.5 Å². The average molecular weight is 495 g/mol. The number of thiophene rings is 1. The predicted molar refractivity (Wildman–Crippen MR) is 133 cm³/mol. The molecule has 1 N–H and O–H groups in total. The molecule has 0 atom stereocenters. The molecule has 8 nitrogen and oxygen atoms in total. The van der Waals surface area contributed by atoms with Crippen LogP contribution in [-0.2, 0) is 9.53 Å². The van der Waals surface area contributed by atoms with Gasteiger partial charge in [0.05, 0.1) is 24.8 Å². The minimum atomic E-state index is -0.469. The van der Waals surface area contributed by atoms with Gasteiger partial charge in [-0.25, -0.2) is 4.79 Å². The summed E-state index contributed by atoms with van der Waals surface area (Å²) in [6.45, 7) is 4.63. The number of imide groups is 1. The van der Waals surface area contributed by atoms with Gasteiger partial charge in [0.25, 0.3) is 11.8 Å². The Labute approximate surface area is 206 Å². The first-order valence-electron chi connectivity index (χ1n) is 11.3. The van der Waals surface area contributed by atoms with Crippen LogP contribution in [0.4, 0.5) is 5.69 Å². The van der Waals surface area contributed by atoms with E-state index in [9.17, 15) is 19.2 Å². The number of esters is 1. The third-order valence-corrected chi connectivity index (χ3v) is 6.65. The van der Waals surface area contributed by atoms with Crippen molar-refractivity contribution in [1.29, 1.82) is 0 Å². The predicted octanol–water partition coefficient (Wildman–Crippen LogP) is 4.74. The first kappa shape index (κ1) is 24.4. The van der Waals surface area contributed by atoms with Gasteiger partial charge in [-0.1, -0.05) is 26.0 Å². The van der Waals surface area contributed by atoms with Crippen LogP contribution in [0.5, 0.6) is 5.75 Å². The van der Waals surface area contributed by atoms with E-state index in [2.05, 4.69) is 5.32 Å². The Bertz CT molecular complexity index is 1280. The smallest absolute Gasteiger partial charge is 0.351 e. The summed E-state index contributed by atoms with van der Waals surface area (Å²) in [5.74, 6) is -0.654. The van der Waals surface area contributed by atoms with Crippen molar-refractivity contribution in [1.82, 2.24) is 4.90 Å². The van der Waals surface area contributed by atoms with Crippen LogP contribution >= 0.6 is 11.3 Å². The van der Waals surface area contributed by atoms with E-state index in [0.29, 0.717) is 40.5 Å². The highest BCUT2D eigenvalue weighted by Gasteiger charge is 2.34. The third-order valence-electron chi connectivity index (χ3n) is 5.52. The highest BCUT2D eigenvalue weighted by atomic mass is 32.1. The summed E-state index contributed by atoms with van der Waals surface area (Å²) in [7, 11) is 1.33. The van der Waals surface area contributed by atoms with Crippen molar-refractivity contribution < 1.29 is 28.7 Å². The molecule has 3 aromatic rings. The molecule has 3 amide bonds. The minimum Gasteiger partial charge on any atom is -0.491 e. The number of ether oxygens (including phenoxy) is 2. The maximum Gasteiger partial charge on any atom is 0.351 e.